The van der Waals surface area contributed by atoms with Crippen molar-refractivity contribution >= 4 is 28.8 Å². The lowest BCUT2D eigenvalue weighted by molar-refractivity contribution is 0.291. The Labute approximate surface area is 116 Å². The van der Waals surface area contributed by atoms with Crippen molar-refractivity contribution in [3.05, 3.63) is 41.3 Å². The lowest BCUT2D eigenvalue weighted by Crippen LogP contribution is -2.32. The van der Waals surface area contributed by atoms with Gasteiger partial charge in [-0.1, -0.05) is 6.07 Å². The second-order valence-electron chi connectivity index (χ2n) is 4.56. The van der Waals surface area contributed by atoms with Gasteiger partial charge in [0.15, 0.2) is 5.82 Å². The maximum absolute atomic E-state index is 5.89. The van der Waals surface area contributed by atoms with Crippen molar-refractivity contribution in [1.82, 2.24) is 15.0 Å². The van der Waals surface area contributed by atoms with E-state index in [0.29, 0.717) is 0 Å². The van der Waals surface area contributed by atoms with Crippen LogP contribution in [-0.4, -0.2) is 22.0 Å². The number of hydrazine groups is 1. The number of anilines is 3. The lowest BCUT2D eigenvalue weighted by Gasteiger charge is -2.28. The highest BCUT2D eigenvalue weighted by Crippen LogP contribution is 2.43. The van der Waals surface area contributed by atoms with Gasteiger partial charge < -0.3 is 5.73 Å². The highest BCUT2D eigenvalue weighted by molar-refractivity contribution is 6.28. The van der Waals surface area contributed by atoms with E-state index in [2.05, 4.69) is 28.0 Å². The molecule has 2 heterocycles. The molecule has 0 aliphatic carbocycles. The molecule has 19 heavy (non-hydrogen) atoms. The Morgan fingerprint density at radius 2 is 2.11 bits per heavy atom. The molecule has 0 saturated carbocycles. The van der Waals surface area contributed by atoms with Crippen molar-refractivity contribution in [2.45, 2.75) is 13.0 Å². The molecular formula is C13H14ClN5. The standard InChI is InChI=1S/C13H14ClN5/c1-8-10-4-3-9(15)7-11(10)19(18(8)2)12-5-6-16-13(14)17-12/h3-8H,15H2,1-2H3. The van der Waals surface area contributed by atoms with Gasteiger partial charge in [0.2, 0.25) is 5.28 Å². The SMILES string of the molecule is CC1c2ccc(N)cc2N(c2ccnc(Cl)n2)N1C. The molecule has 2 aromatic rings. The number of benzene rings is 1. The van der Waals surface area contributed by atoms with Gasteiger partial charge in [0.05, 0.1) is 11.7 Å². The fraction of sp³-hybridized carbons (Fsp3) is 0.231. The third-order valence-electron chi connectivity index (χ3n) is 3.44. The Morgan fingerprint density at radius 1 is 1.32 bits per heavy atom. The maximum atomic E-state index is 5.89. The Morgan fingerprint density at radius 3 is 2.84 bits per heavy atom. The molecule has 6 heteroatoms. The number of halogens is 1. The van der Waals surface area contributed by atoms with Gasteiger partial charge in [-0.2, -0.15) is 4.98 Å². The fourth-order valence-corrected chi connectivity index (χ4v) is 2.51. The number of rotatable bonds is 1. The van der Waals surface area contributed by atoms with E-state index < -0.39 is 0 Å². The quantitative estimate of drug-likeness (QED) is 0.641. The minimum absolute atomic E-state index is 0.232. The van der Waals surface area contributed by atoms with Crippen molar-refractivity contribution < 1.29 is 0 Å². The fourth-order valence-electron chi connectivity index (χ4n) is 2.37. The summed E-state index contributed by atoms with van der Waals surface area (Å²) in [5.74, 6) is 0.735. The third kappa shape index (κ3) is 1.91. The molecule has 0 spiro atoms. The average Bonchev–Trinajstić information content (AvgIpc) is 2.61. The van der Waals surface area contributed by atoms with Crippen molar-refractivity contribution in [3.8, 4) is 0 Å². The number of nitrogen functional groups attached to an aromatic ring is 1. The van der Waals surface area contributed by atoms with E-state index >= 15 is 0 Å². The average molecular weight is 276 g/mol. The van der Waals surface area contributed by atoms with Crippen LogP contribution in [0.1, 0.15) is 18.5 Å². The van der Waals surface area contributed by atoms with Crippen LogP contribution in [0.3, 0.4) is 0 Å². The van der Waals surface area contributed by atoms with Gasteiger partial charge in [-0.25, -0.2) is 9.99 Å². The summed E-state index contributed by atoms with van der Waals surface area (Å²) in [6.45, 7) is 2.14. The number of hydrogen-bond donors (Lipinski definition) is 1. The second kappa shape index (κ2) is 4.36. The van der Waals surface area contributed by atoms with Crippen LogP contribution in [0.5, 0.6) is 0 Å². The molecule has 1 aromatic carbocycles. The second-order valence-corrected chi connectivity index (χ2v) is 4.90. The molecule has 1 atom stereocenters. The van der Waals surface area contributed by atoms with E-state index in [-0.39, 0.29) is 11.3 Å². The van der Waals surface area contributed by atoms with Crippen LogP contribution in [0.2, 0.25) is 5.28 Å². The van der Waals surface area contributed by atoms with E-state index in [1.165, 1.54) is 5.56 Å². The van der Waals surface area contributed by atoms with Crippen LogP contribution in [0, 0.1) is 0 Å². The van der Waals surface area contributed by atoms with Gasteiger partial charge in [-0.3, -0.25) is 5.01 Å². The van der Waals surface area contributed by atoms with Gasteiger partial charge in [0.1, 0.15) is 0 Å². The number of aromatic nitrogens is 2. The van der Waals surface area contributed by atoms with Gasteiger partial charge in [-0.15, -0.1) is 0 Å². The molecule has 5 nitrogen and oxygen atoms in total. The molecule has 1 aromatic heterocycles. The summed E-state index contributed by atoms with van der Waals surface area (Å²) in [4.78, 5) is 8.18. The van der Waals surface area contributed by atoms with Crippen LogP contribution < -0.4 is 10.7 Å². The number of fused-ring (bicyclic) bond motifs is 1. The molecule has 1 aliphatic rings. The van der Waals surface area contributed by atoms with E-state index in [1.807, 2.05) is 30.3 Å². The highest BCUT2D eigenvalue weighted by atomic mass is 35.5. The molecule has 1 aliphatic heterocycles. The first-order valence-corrected chi connectivity index (χ1v) is 6.36. The molecule has 0 radical (unpaired) electrons. The van der Waals surface area contributed by atoms with Crippen molar-refractivity contribution in [2.24, 2.45) is 0 Å². The molecule has 2 N–H and O–H groups in total. The molecule has 1 unspecified atom stereocenters. The third-order valence-corrected chi connectivity index (χ3v) is 3.62. The summed E-state index contributed by atoms with van der Waals surface area (Å²) in [7, 11) is 2.01. The van der Waals surface area contributed by atoms with Gasteiger partial charge in [0.25, 0.3) is 0 Å². The first-order valence-electron chi connectivity index (χ1n) is 5.99. The predicted molar refractivity (Wildman–Crippen MR) is 76.2 cm³/mol. The van der Waals surface area contributed by atoms with Gasteiger partial charge in [0, 0.05) is 25.0 Å². The largest absolute Gasteiger partial charge is 0.399 e. The first-order chi connectivity index (χ1) is 9.08. The number of hydrogen-bond acceptors (Lipinski definition) is 5. The zero-order valence-corrected chi connectivity index (χ0v) is 11.5. The van der Waals surface area contributed by atoms with Gasteiger partial charge >= 0.3 is 0 Å². The van der Waals surface area contributed by atoms with Crippen molar-refractivity contribution in [3.63, 3.8) is 0 Å². The summed E-state index contributed by atoms with van der Waals surface area (Å²) in [6, 6.07) is 8.00. The Hall–Kier alpha value is -1.85. The Kier molecular flexibility index (Phi) is 2.80. The van der Waals surface area contributed by atoms with Gasteiger partial charge in [-0.05, 0) is 36.2 Å². The molecule has 98 valence electrons. The van der Waals surface area contributed by atoms with Crippen LogP contribution in [0.25, 0.3) is 0 Å². The molecular weight excluding hydrogens is 262 g/mol. The van der Waals surface area contributed by atoms with E-state index in [1.54, 1.807) is 6.20 Å². The van der Waals surface area contributed by atoms with Crippen molar-refractivity contribution in [2.75, 3.05) is 17.8 Å². The molecule has 0 fully saturated rings. The predicted octanol–water partition coefficient (Wildman–Crippen LogP) is 2.77. The summed E-state index contributed by atoms with van der Waals surface area (Å²) in [5.41, 5.74) is 8.86. The zero-order valence-electron chi connectivity index (χ0n) is 10.7. The molecule has 0 amide bonds. The topological polar surface area (TPSA) is 58.3 Å². The summed E-state index contributed by atoms with van der Waals surface area (Å²) < 4.78 is 0. The lowest BCUT2D eigenvalue weighted by atomic mass is 10.1. The van der Waals surface area contributed by atoms with Crippen LogP contribution in [-0.2, 0) is 0 Å². The Bertz CT molecular complexity index is 630. The zero-order chi connectivity index (χ0) is 13.6. The van der Waals surface area contributed by atoms with Crippen molar-refractivity contribution in [1.29, 1.82) is 0 Å². The number of nitrogens with zero attached hydrogens (tertiary/aromatic N) is 4. The summed E-state index contributed by atoms with van der Waals surface area (Å²) in [5, 5.41) is 4.34. The normalized spacial score (nSPS) is 18.7. The minimum atomic E-state index is 0.232. The molecule has 0 saturated heterocycles. The maximum Gasteiger partial charge on any atom is 0.224 e. The van der Waals surface area contributed by atoms with E-state index in [9.17, 15) is 0 Å². The Balaban J connectivity index is 2.15. The smallest absolute Gasteiger partial charge is 0.224 e. The van der Waals surface area contributed by atoms with Crippen LogP contribution in [0.4, 0.5) is 17.2 Å². The first kappa shape index (κ1) is 12.2. The van der Waals surface area contributed by atoms with Crippen LogP contribution >= 0.6 is 11.6 Å². The summed E-state index contributed by atoms with van der Waals surface area (Å²) in [6.07, 6.45) is 1.65. The summed E-state index contributed by atoms with van der Waals surface area (Å²) >= 11 is 5.87. The number of nitrogens with two attached hydrogens (primary N) is 1. The van der Waals surface area contributed by atoms with E-state index in [4.69, 9.17) is 17.3 Å². The van der Waals surface area contributed by atoms with E-state index in [0.717, 1.165) is 17.2 Å². The molecule has 3 rings (SSSR count). The highest BCUT2D eigenvalue weighted by Gasteiger charge is 2.32. The minimum Gasteiger partial charge on any atom is -0.399 e. The van der Waals surface area contributed by atoms with Crippen LogP contribution in [0.15, 0.2) is 30.5 Å². The molecule has 0 bridgehead atoms. The monoisotopic (exact) mass is 275 g/mol.